The van der Waals surface area contributed by atoms with Gasteiger partial charge in [-0.1, -0.05) is 0 Å². The van der Waals surface area contributed by atoms with E-state index in [4.69, 9.17) is 0 Å². The van der Waals surface area contributed by atoms with Crippen LogP contribution in [0.3, 0.4) is 0 Å². The molecule has 1 aromatic rings. The molecule has 0 unspecified atom stereocenters. The van der Waals surface area contributed by atoms with Gasteiger partial charge in [0.25, 0.3) is 0 Å². The van der Waals surface area contributed by atoms with Crippen LogP contribution in [-0.4, -0.2) is 31.0 Å². The zero-order valence-electron chi connectivity index (χ0n) is 4.74. The van der Waals surface area contributed by atoms with E-state index >= 15 is 0 Å². The number of carbonyl (C=O) groups is 1. The van der Waals surface area contributed by atoms with Gasteiger partial charge in [0, 0.05) is 0 Å². The van der Waals surface area contributed by atoms with E-state index in [-0.39, 0.29) is 0 Å². The fourth-order valence-corrected chi connectivity index (χ4v) is 1.51. The third-order valence-electron chi connectivity index (χ3n) is 1.01. The Morgan fingerprint density at radius 3 is 2.67 bits per heavy atom. The molecule has 0 aromatic heterocycles. The topological polar surface area (TPSA) is 17.1 Å². The summed E-state index contributed by atoms with van der Waals surface area (Å²) in [5, 5.41) is 0. The molecule has 0 heterocycles. The number of rotatable bonds is 1. The van der Waals surface area contributed by atoms with Gasteiger partial charge in [0.15, 0.2) is 0 Å². The molecule has 1 nitrogen and oxygen atoms in total. The van der Waals surface area contributed by atoms with E-state index in [0.717, 1.165) is 11.8 Å². The fourth-order valence-electron chi connectivity index (χ4n) is 0.598. The fraction of sp³-hybridized carbons (Fsp3) is 0. The van der Waals surface area contributed by atoms with Crippen LogP contribution < -0.4 is 3.27 Å². The first-order valence-electron chi connectivity index (χ1n) is 2.57. The second-order valence-corrected chi connectivity index (χ2v) is 3.72. The first kappa shape index (κ1) is 6.89. The van der Waals surface area contributed by atoms with Crippen molar-refractivity contribution >= 4 is 34.3 Å². The minimum atomic E-state index is 0.773. The molecule has 0 bridgehead atoms. The van der Waals surface area contributed by atoms with E-state index in [2.05, 4.69) is 0 Å². The van der Waals surface area contributed by atoms with Crippen LogP contribution in [0.1, 0.15) is 10.4 Å². The summed E-state index contributed by atoms with van der Waals surface area (Å²) in [5.41, 5.74) is 0.773. The number of aldehydes is 1. The summed E-state index contributed by atoms with van der Waals surface area (Å²) >= 11 is 1.21. The van der Waals surface area contributed by atoms with E-state index in [0.29, 0.717) is 0 Å². The van der Waals surface area contributed by atoms with Crippen molar-refractivity contribution in [2.24, 2.45) is 0 Å². The average molecular weight is 314 g/mol. The Kier molecular flexibility index (Phi) is 2.35. The monoisotopic (exact) mass is 314 g/mol. The Labute approximate surface area is 68.9 Å². The molecule has 0 aliphatic heterocycles. The van der Waals surface area contributed by atoms with Gasteiger partial charge in [0.05, 0.1) is 0 Å². The van der Waals surface area contributed by atoms with Gasteiger partial charge in [-0.25, -0.2) is 0 Å². The molecule has 0 N–H and O–H groups in total. The molecule has 2 heteroatoms. The van der Waals surface area contributed by atoms with Crippen LogP contribution in [0.5, 0.6) is 0 Å². The van der Waals surface area contributed by atoms with Gasteiger partial charge in [0.2, 0.25) is 0 Å². The predicted octanol–water partition coefficient (Wildman–Crippen LogP) is 0.293. The quantitative estimate of drug-likeness (QED) is 0.538. The minimum absolute atomic E-state index is 0.773. The predicted molar refractivity (Wildman–Crippen MR) is 37.2 cm³/mol. The van der Waals surface area contributed by atoms with Gasteiger partial charge >= 0.3 is 68.9 Å². The molecule has 0 amide bonds. The first-order chi connectivity index (χ1) is 4.33. The summed E-state index contributed by atoms with van der Waals surface area (Å²) in [6, 6.07) is 7.63. The maximum absolute atomic E-state index is 10.2. The van der Waals surface area contributed by atoms with Crippen molar-refractivity contribution in [2.45, 2.75) is 0 Å². The Morgan fingerprint density at radius 2 is 2.22 bits per heavy atom. The van der Waals surface area contributed by atoms with Crippen molar-refractivity contribution in [1.82, 2.24) is 0 Å². The molecule has 0 aliphatic carbocycles. The zero-order valence-corrected chi connectivity index (χ0v) is 8.22. The van der Waals surface area contributed by atoms with Crippen molar-refractivity contribution in [2.75, 3.05) is 0 Å². The Hall–Kier alpha value is -0.227. The molecule has 0 aliphatic rings. The summed E-state index contributed by atoms with van der Waals surface area (Å²) in [6.07, 6.45) is 0.872. The standard InChI is InChI=1S/C7H5O.Bi/c8-6-7-4-2-1-3-5-7;/h1-2,4-6H;. The van der Waals surface area contributed by atoms with Gasteiger partial charge in [-0.15, -0.1) is 0 Å². The second kappa shape index (κ2) is 3.07. The number of benzene rings is 1. The molecule has 44 valence electrons. The summed E-state index contributed by atoms with van der Waals surface area (Å²) < 4.78 is 1.24. The van der Waals surface area contributed by atoms with Crippen LogP contribution in [0.25, 0.3) is 0 Å². The van der Waals surface area contributed by atoms with Crippen molar-refractivity contribution in [3.63, 3.8) is 0 Å². The molecule has 0 saturated carbocycles. The van der Waals surface area contributed by atoms with Crippen LogP contribution in [0.15, 0.2) is 24.3 Å². The van der Waals surface area contributed by atoms with Crippen LogP contribution in [0, 0.1) is 0 Å². The Balaban J connectivity index is 3.07. The van der Waals surface area contributed by atoms with Crippen molar-refractivity contribution < 1.29 is 4.79 Å². The summed E-state index contributed by atoms with van der Waals surface area (Å²) in [5.74, 6) is 0. The first-order valence-corrected chi connectivity index (χ1v) is 4.31. The number of hydrogen-bond acceptors (Lipinski definition) is 1. The third kappa shape index (κ3) is 1.87. The molecule has 0 spiro atoms. The molecule has 9 heavy (non-hydrogen) atoms. The van der Waals surface area contributed by atoms with E-state index in [1.165, 1.54) is 28.0 Å². The molecule has 0 atom stereocenters. The van der Waals surface area contributed by atoms with E-state index < -0.39 is 0 Å². The zero-order chi connectivity index (χ0) is 6.69. The average Bonchev–Trinajstić information content (AvgIpc) is 1.88. The van der Waals surface area contributed by atoms with Gasteiger partial charge in [-0.3, -0.25) is 0 Å². The molecular weight excluding hydrogens is 309 g/mol. The van der Waals surface area contributed by atoms with Gasteiger partial charge in [0.1, 0.15) is 0 Å². The van der Waals surface area contributed by atoms with Crippen LogP contribution in [-0.2, 0) is 0 Å². The molecule has 0 saturated heterocycles. The SMILES string of the molecule is O=Cc1ccc[c]([Bi])c1. The Morgan fingerprint density at radius 1 is 1.44 bits per heavy atom. The van der Waals surface area contributed by atoms with Crippen LogP contribution >= 0.6 is 0 Å². The van der Waals surface area contributed by atoms with E-state index in [9.17, 15) is 4.79 Å². The van der Waals surface area contributed by atoms with Crippen molar-refractivity contribution in [3.05, 3.63) is 29.8 Å². The second-order valence-electron chi connectivity index (χ2n) is 1.71. The van der Waals surface area contributed by atoms with Gasteiger partial charge < -0.3 is 0 Å². The summed E-state index contributed by atoms with van der Waals surface area (Å²) in [7, 11) is 0. The van der Waals surface area contributed by atoms with Gasteiger partial charge in [-0.05, 0) is 0 Å². The van der Waals surface area contributed by atoms with E-state index in [1.54, 1.807) is 0 Å². The normalized spacial score (nSPS) is 9.00. The van der Waals surface area contributed by atoms with E-state index in [1.807, 2.05) is 24.3 Å². The molecular formula is C7H5BiO. The molecule has 1 aromatic carbocycles. The third-order valence-corrected chi connectivity index (χ3v) is 2.09. The van der Waals surface area contributed by atoms with Crippen LogP contribution in [0.2, 0.25) is 0 Å². The number of carbonyl (C=O) groups excluding carboxylic acids is 1. The summed E-state index contributed by atoms with van der Waals surface area (Å²) in [4.78, 5) is 10.2. The summed E-state index contributed by atoms with van der Waals surface area (Å²) in [6.45, 7) is 0. The van der Waals surface area contributed by atoms with Gasteiger partial charge in [-0.2, -0.15) is 0 Å². The Bertz CT molecular complexity index is 220. The van der Waals surface area contributed by atoms with Crippen molar-refractivity contribution in [3.8, 4) is 0 Å². The maximum atomic E-state index is 10.2. The number of hydrogen-bond donors (Lipinski definition) is 0. The molecule has 1 rings (SSSR count). The van der Waals surface area contributed by atoms with Crippen LogP contribution in [0.4, 0.5) is 0 Å². The molecule has 2 radical (unpaired) electrons. The van der Waals surface area contributed by atoms with Crippen molar-refractivity contribution in [1.29, 1.82) is 0 Å². The molecule has 0 fully saturated rings.